The number of hydrogen-bond acceptors (Lipinski definition) is 4. The maximum atomic E-state index is 11.8. The van der Waals surface area contributed by atoms with E-state index in [1.807, 2.05) is 25.1 Å². The number of nitrogens with one attached hydrogen (secondary N) is 1. The first-order valence-electron chi connectivity index (χ1n) is 6.03. The molecule has 0 unspecified atom stereocenters. The Labute approximate surface area is 126 Å². The van der Waals surface area contributed by atoms with Gasteiger partial charge in [0.2, 0.25) is 0 Å². The molecule has 0 spiro atoms. The highest BCUT2D eigenvalue weighted by molar-refractivity contribution is 9.10. The van der Waals surface area contributed by atoms with Crippen LogP contribution in [0, 0.1) is 6.92 Å². The van der Waals surface area contributed by atoms with Gasteiger partial charge in [0.25, 0.3) is 0 Å². The van der Waals surface area contributed by atoms with Crippen LogP contribution in [-0.2, 0) is 4.74 Å². The van der Waals surface area contributed by atoms with Gasteiger partial charge in [-0.05, 0) is 36.8 Å². The second-order valence-corrected chi connectivity index (χ2v) is 5.26. The van der Waals surface area contributed by atoms with Crippen LogP contribution in [0.15, 0.2) is 40.9 Å². The van der Waals surface area contributed by atoms with Crippen molar-refractivity contribution in [2.24, 2.45) is 0 Å². The molecule has 0 aliphatic carbocycles. The van der Waals surface area contributed by atoms with E-state index in [-0.39, 0.29) is 0 Å². The molecule has 0 bridgehead atoms. The first-order chi connectivity index (χ1) is 9.52. The molecule has 0 saturated carbocycles. The Bertz CT molecular complexity index is 656. The lowest BCUT2D eigenvalue weighted by molar-refractivity contribution is 0.0602. The number of carbonyl (C=O) groups excluding carboxylic acids is 1. The molecule has 4 nitrogen and oxygen atoms in total. The van der Waals surface area contributed by atoms with E-state index in [1.165, 1.54) is 7.11 Å². The van der Waals surface area contributed by atoms with Gasteiger partial charge in [0.1, 0.15) is 0 Å². The third-order valence-corrected chi connectivity index (χ3v) is 3.45. The molecule has 0 amide bonds. The Morgan fingerprint density at radius 3 is 2.75 bits per heavy atom. The third-order valence-electron chi connectivity index (χ3n) is 2.96. The van der Waals surface area contributed by atoms with Gasteiger partial charge >= 0.3 is 5.97 Å². The van der Waals surface area contributed by atoms with E-state index in [1.54, 1.807) is 18.2 Å². The average Bonchev–Trinajstić information content (AvgIpc) is 2.44. The lowest BCUT2D eigenvalue weighted by Crippen LogP contribution is -2.08. The van der Waals surface area contributed by atoms with E-state index in [0.29, 0.717) is 16.9 Å². The highest BCUT2D eigenvalue weighted by Gasteiger charge is 2.15. The van der Waals surface area contributed by atoms with Crippen LogP contribution in [0.5, 0.6) is 0 Å². The SMILES string of the molecule is COC(=O)c1cccc(N)c1Nc1cc(Br)ccc1C. The number of ether oxygens (including phenoxy) is 1. The van der Waals surface area contributed by atoms with Crippen LogP contribution < -0.4 is 11.1 Å². The van der Waals surface area contributed by atoms with E-state index in [0.717, 1.165) is 15.7 Å². The number of anilines is 3. The summed E-state index contributed by atoms with van der Waals surface area (Å²) in [5.74, 6) is -0.424. The summed E-state index contributed by atoms with van der Waals surface area (Å²) in [6.45, 7) is 1.98. The standard InChI is InChI=1S/C15H15BrN2O2/c1-9-6-7-10(16)8-13(9)18-14-11(15(19)20-2)4-3-5-12(14)17/h3-8,18H,17H2,1-2H3. The van der Waals surface area contributed by atoms with Crippen molar-refractivity contribution in [3.05, 3.63) is 52.0 Å². The fourth-order valence-electron chi connectivity index (χ4n) is 1.85. The summed E-state index contributed by atoms with van der Waals surface area (Å²) in [4.78, 5) is 11.8. The van der Waals surface area contributed by atoms with Gasteiger partial charge in [0.05, 0.1) is 24.0 Å². The minimum absolute atomic E-state index is 0.409. The van der Waals surface area contributed by atoms with Crippen LogP contribution in [-0.4, -0.2) is 13.1 Å². The zero-order valence-corrected chi connectivity index (χ0v) is 12.8. The molecule has 0 fully saturated rings. The van der Waals surface area contributed by atoms with E-state index in [2.05, 4.69) is 21.2 Å². The van der Waals surface area contributed by atoms with Crippen molar-refractivity contribution in [3.8, 4) is 0 Å². The molecule has 2 rings (SSSR count). The van der Waals surface area contributed by atoms with Crippen LogP contribution in [0.3, 0.4) is 0 Å². The maximum absolute atomic E-state index is 11.8. The molecule has 3 N–H and O–H groups in total. The molecule has 20 heavy (non-hydrogen) atoms. The normalized spacial score (nSPS) is 10.2. The predicted octanol–water partition coefficient (Wildman–Crippen LogP) is 3.87. The Morgan fingerprint density at radius 1 is 1.30 bits per heavy atom. The second kappa shape index (κ2) is 5.96. The highest BCUT2D eigenvalue weighted by Crippen LogP contribution is 2.30. The van der Waals surface area contributed by atoms with E-state index >= 15 is 0 Å². The number of halogens is 1. The van der Waals surface area contributed by atoms with Crippen LogP contribution in [0.25, 0.3) is 0 Å². The number of esters is 1. The molecule has 0 aromatic heterocycles. The van der Waals surface area contributed by atoms with Gasteiger partial charge in [-0.15, -0.1) is 0 Å². The van der Waals surface area contributed by atoms with Gasteiger partial charge in [0.15, 0.2) is 0 Å². The molecule has 104 valence electrons. The summed E-state index contributed by atoms with van der Waals surface area (Å²) in [5.41, 5.74) is 9.35. The zero-order valence-electron chi connectivity index (χ0n) is 11.2. The minimum atomic E-state index is -0.424. The van der Waals surface area contributed by atoms with Gasteiger partial charge < -0.3 is 15.8 Å². The van der Waals surface area contributed by atoms with Crippen molar-refractivity contribution < 1.29 is 9.53 Å². The van der Waals surface area contributed by atoms with Crippen molar-refractivity contribution >= 4 is 39.0 Å². The first-order valence-corrected chi connectivity index (χ1v) is 6.82. The lowest BCUT2D eigenvalue weighted by Gasteiger charge is -2.15. The van der Waals surface area contributed by atoms with Gasteiger partial charge in [0, 0.05) is 10.2 Å². The maximum Gasteiger partial charge on any atom is 0.340 e. The molecule has 0 aliphatic rings. The fourth-order valence-corrected chi connectivity index (χ4v) is 2.21. The highest BCUT2D eigenvalue weighted by atomic mass is 79.9. The molecule has 0 heterocycles. The Hall–Kier alpha value is -2.01. The molecule has 0 saturated heterocycles. The molecule has 2 aromatic rings. The van der Waals surface area contributed by atoms with Crippen LogP contribution >= 0.6 is 15.9 Å². The van der Waals surface area contributed by atoms with E-state index < -0.39 is 5.97 Å². The number of methoxy groups -OCH3 is 1. The number of carbonyl (C=O) groups is 1. The van der Waals surface area contributed by atoms with E-state index in [9.17, 15) is 4.79 Å². The molecule has 0 atom stereocenters. The second-order valence-electron chi connectivity index (χ2n) is 4.35. The molecular weight excluding hydrogens is 320 g/mol. The van der Waals surface area contributed by atoms with Crippen molar-refractivity contribution in [2.45, 2.75) is 6.92 Å². The van der Waals surface area contributed by atoms with Gasteiger partial charge in [-0.1, -0.05) is 28.1 Å². The number of nitrogens with two attached hydrogens (primary N) is 1. The average molecular weight is 335 g/mol. The quantitative estimate of drug-likeness (QED) is 0.660. The van der Waals surface area contributed by atoms with Crippen molar-refractivity contribution in [3.63, 3.8) is 0 Å². The smallest absolute Gasteiger partial charge is 0.340 e. The topological polar surface area (TPSA) is 64.3 Å². The third kappa shape index (κ3) is 2.93. The van der Waals surface area contributed by atoms with Crippen LogP contribution in [0.2, 0.25) is 0 Å². The molecule has 5 heteroatoms. The molecule has 0 radical (unpaired) electrons. The largest absolute Gasteiger partial charge is 0.465 e. The Balaban J connectivity index is 2.47. The summed E-state index contributed by atoms with van der Waals surface area (Å²) >= 11 is 3.43. The number of nitrogen functional groups attached to an aromatic ring is 1. The number of aryl methyl sites for hydroxylation is 1. The van der Waals surface area contributed by atoms with Crippen LogP contribution in [0.1, 0.15) is 15.9 Å². The number of benzene rings is 2. The summed E-state index contributed by atoms with van der Waals surface area (Å²) in [6.07, 6.45) is 0. The lowest BCUT2D eigenvalue weighted by atomic mass is 10.1. The fraction of sp³-hybridized carbons (Fsp3) is 0.133. The minimum Gasteiger partial charge on any atom is -0.465 e. The monoisotopic (exact) mass is 334 g/mol. The number of rotatable bonds is 3. The summed E-state index contributed by atoms with van der Waals surface area (Å²) in [5, 5.41) is 3.21. The molecule has 2 aromatic carbocycles. The Kier molecular flexibility index (Phi) is 4.29. The molecule has 0 aliphatic heterocycles. The van der Waals surface area contributed by atoms with Crippen molar-refractivity contribution in [1.29, 1.82) is 0 Å². The van der Waals surface area contributed by atoms with Gasteiger partial charge in [-0.2, -0.15) is 0 Å². The van der Waals surface area contributed by atoms with E-state index in [4.69, 9.17) is 10.5 Å². The number of para-hydroxylation sites is 1. The van der Waals surface area contributed by atoms with Crippen molar-refractivity contribution in [2.75, 3.05) is 18.2 Å². The summed E-state index contributed by atoms with van der Waals surface area (Å²) in [7, 11) is 1.35. The first kappa shape index (κ1) is 14.4. The number of hydrogen-bond donors (Lipinski definition) is 2. The van der Waals surface area contributed by atoms with Gasteiger partial charge in [-0.3, -0.25) is 0 Å². The van der Waals surface area contributed by atoms with Crippen molar-refractivity contribution in [1.82, 2.24) is 0 Å². The predicted molar refractivity (Wildman–Crippen MR) is 84.4 cm³/mol. The summed E-state index contributed by atoms with van der Waals surface area (Å²) in [6, 6.07) is 11.0. The Morgan fingerprint density at radius 2 is 2.05 bits per heavy atom. The van der Waals surface area contributed by atoms with Gasteiger partial charge in [-0.25, -0.2) is 4.79 Å². The van der Waals surface area contributed by atoms with Crippen LogP contribution in [0.4, 0.5) is 17.1 Å². The summed E-state index contributed by atoms with van der Waals surface area (Å²) < 4.78 is 5.72. The zero-order chi connectivity index (χ0) is 14.7. The molecular formula is C15H15BrN2O2.